The lowest BCUT2D eigenvalue weighted by Gasteiger charge is -2.11. The molecule has 1 aromatic rings. The molecule has 100 valence electrons. The molecule has 1 unspecified atom stereocenters. The maximum atomic E-state index is 10.9. The van der Waals surface area contributed by atoms with Crippen molar-refractivity contribution in [2.24, 2.45) is 13.0 Å². The smallest absolute Gasteiger partial charge is 0.330 e. The number of aryl methyl sites for hydroxylation is 1. The van der Waals surface area contributed by atoms with E-state index in [1.807, 2.05) is 6.92 Å². The number of anilines is 1. The first-order chi connectivity index (χ1) is 8.45. The summed E-state index contributed by atoms with van der Waals surface area (Å²) in [7, 11) is 1.57. The van der Waals surface area contributed by atoms with Crippen molar-refractivity contribution in [3.05, 3.63) is 16.3 Å². The number of nitrogens with zero attached hydrogens (tertiary/aromatic N) is 3. The Morgan fingerprint density at radius 2 is 2.39 bits per heavy atom. The molecular formula is C10H16N4O4. The molecule has 0 saturated carbocycles. The Labute approximate surface area is 104 Å². The van der Waals surface area contributed by atoms with Gasteiger partial charge in [0, 0.05) is 13.6 Å². The van der Waals surface area contributed by atoms with E-state index in [0.717, 1.165) is 6.42 Å². The second-order valence-corrected chi connectivity index (χ2v) is 4.00. The van der Waals surface area contributed by atoms with Crippen LogP contribution in [0.4, 0.5) is 11.5 Å². The fraction of sp³-hybridized carbons (Fsp3) is 0.600. The molecular weight excluding hydrogens is 240 g/mol. The summed E-state index contributed by atoms with van der Waals surface area (Å²) in [5.74, 6) is -1.38. The number of carbonyl (C=O) groups is 1. The zero-order chi connectivity index (χ0) is 13.7. The number of nitro groups is 1. The maximum Gasteiger partial charge on any atom is 0.330 e. The second kappa shape index (κ2) is 5.99. The highest BCUT2D eigenvalue weighted by Crippen LogP contribution is 2.22. The Balaban J connectivity index is 2.72. The van der Waals surface area contributed by atoms with Gasteiger partial charge in [0.15, 0.2) is 0 Å². The number of carboxylic acids is 1. The van der Waals surface area contributed by atoms with Gasteiger partial charge in [-0.15, -0.1) is 5.10 Å². The van der Waals surface area contributed by atoms with Crippen LogP contribution in [0.5, 0.6) is 0 Å². The van der Waals surface area contributed by atoms with Gasteiger partial charge in [0.25, 0.3) is 0 Å². The molecule has 18 heavy (non-hydrogen) atoms. The van der Waals surface area contributed by atoms with Crippen molar-refractivity contribution in [1.29, 1.82) is 0 Å². The fourth-order valence-electron chi connectivity index (χ4n) is 1.62. The van der Waals surface area contributed by atoms with Gasteiger partial charge in [0.2, 0.25) is 5.82 Å². The molecule has 1 aromatic heterocycles. The van der Waals surface area contributed by atoms with Crippen LogP contribution >= 0.6 is 0 Å². The summed E-state index contributed by atoms with van der Waals surface area (Å²) in [6.45, 7) is 2.01. The van der Waals surface area contributed by atoms with Gasteiger partial charge < -0.3 is 10.4 Å². The average Bonchev–Trinajstić information content (AvgIpc) is 2.65. The summed E-state index contributed by atoms with van der Waals surface area (Å²) in [4.78, 5) is 21.1. The topological polar surface area (TPSA) is 110 Å². The van der Waals surface area contributed by atoms with Crippen molar-refractivity contribution < 1.29 is 14.8 Å². The Morgan fingerprint density at radius 1 is 1.72 bits per heavy atom. The van der Waals surface area contributed by atoms with Crippen molar-refractivity contribution >= 4 is 17.5 Å². The van der Waals surface area contributed by atoms with E-state index in [-0.39, 0.29) is 18.1 Å². The zero-order valence-corrected chi connectivity index (χ0v) is 10.3. The molecule has 0 fully saturated rings. The average molecular weight is 256 g/mol. The van der Waals surface area contributed by atoms with Crippen LogP contribution in [0.3, 0.4) is 0 Å². The van der Waals surface area contributed by atoms with E-state index in [4.69, 9.17) is 5.11 Å². The van der Waals surface area contributed by atoms with Crippen LogP contribution in [0.2, 0.25) is 0 Å². The van der Waals surface area contributed by atoms with Crippen LogP contribution in [-0.2, 0) is 11.8 Å². The van der Waals surface area contributed by atoms with E-state index in [1.165, 1.54) is 10.9 Å². The molecule has 8 nitrogen and oxygen atoms in total. The Bertz CT molecular complexity index is 443. The fourth-order valence-corrected chi connectivity index (χ4v) is 1.62. The molecule has 0 spiro atoms. The van der Waals surface area contributed by atoms with Gasteiger partial charge in [-0.1, -0.05) is 13.3 Å². The van der Waals surface area contributed by atoms with E-state index in [1.54, 1.807) is 7.05 Å². The highest BCUT2D eigenvalue weighted by molar-refractivity contribution is 5.71. The number of nitrogens with one attached hydrogen (secondary N) is 1. The molecule has 0 aromatic carbocycles. The van der Waals surface area contributed by atoms with E-state index in [0.29, 0.717) is 6.42 Å². The molecule has 1 heterocycles. The standard InChI is InChI=1S/C10H16N4O4/c1-3-4-7(10(15)16)5-11-9-8(14(17)18)6-13(2)12-9/h6-7H,3-5H2,1-2H3,(H,11,12)(H,15,16). The molecule has 8 heteroatoms. The third-order valence-electron chi connectivity index (χ3n) is 2.51. The quantitative estimate of drug-likeness (QED) is 0.561. The lowest BCUT2D eigenvalue weighted by Crippen LogP contribution is -2.23. The zero-order valence-electron chi connectivity index (χ0n) is 10.3. The summed E-state index contributed by atoms with van der Waals surface area (Å²) in [6, 6.07) is 0. The van der Waals surface area contributed by atoms with Crippen molar-refractivity contribution in [2.45, 2.75) is 19.8 Å². The lowest BCUT2D eigenvalue weighted by molar-refractivity contribution is -0.384. The normalized spacial score (nSPS) is 12.1. The molecule has 1 atom stereocenters. The number of hydrogen-bond donors (Lipinski definition) is 2. The molecule has 0 aliphatic rings. The summed E-state index contributed by atoms with van der Waals surface area (Å²) in [5.41, 5.74) is -0.155. The predicted molar refractivity (Wildman–Crippen MR) is 64.4 cm³/mol. The van der Waals surface area contributed by atoms with Crippen molar-refractivity contribution in [1.82, 2.24) is 9.78 Å². The number of aliphatic carboxylic acids is 1. The SMILES string of the molecule is CCCC(CNc1nn(C)cc1[N+](=O)[O-])C(=O)O. The minimum atomic E-state index is -0.914. The highest BCUT2D eigenvalue weighted by atomic mass is 16.6. The van der Waals surface area contributed by atoms with E-state index in [2.05, 4.69) is 10.4 Å². The Morgan fingerprint density at radius 3 is 2.89 bits per heavy atom. The number of carboxylic acid groups (broad SMARTS) is 1. The van der Waals surface area contributed by atoms with Gasteiger partial charge >= 0.3 is 11.7 Å². The van der Waals surface area contributed by atoms with Gasteiger partial charge in [-0.2, -0.15) is 0 Å². The number of rotatable bonds is 7. The first-order valence-corrected chi connectivity index (χ1v) is 5.60. The summed E-state index contributed by atoms with van der Waals surface area (Å²) < 4.78 is 1.32. The molecule has 2 N–H and O–H groups in total. The highest BCUT2D eigenvalue weighted by Gasteiger charge is 2.21. The molecule has 0 bridgehead atoms. The van der Waals surface area contributed by atoms with E-state index in [9.17, 15) is 14.9 Å². The van der Waals surface area contributed by atoms with Gasteiger partial charge in [-0.05, 0) is 6.42 Å². The molecule has 1 rings (SSSR count). The first kappa shape index (κ1) is 13.9. The number of aromatic nitrogens is 2. The maximum absolute atomic E-state index is 10.9. The Kier molecular flexibility index (Phi) is 4.64. The van der Waals surface area contributed by atoms with Crippen molar-refractivity contribution in [3.63, 3.8) is 0 Å². The van der Waals surface area contributed by atoms with Gasteiger partial charge in [0.05, 0.1) is 10.8 Å². The van der Waals surface area contributed by atoms with Gasteiger partial charge in [0.1, 0.15) is 6.20 Å². The van der Waals surface area contributed by atoms with Crippen LogP contribution in [-0.4, -0.2) is 32.3 Å². The van der Waals surface area contributed by atoms with Crippen LogP contribution in [0, 0.1) is 16.0 Å². The van der Waals surface area contributed by atoms with Crippen LogP contribution < -0.4 is 5.32 Å². The predicted octanol–water partition coefficient (Wildman–Crippen LogP) is 1.24. The van der Waals surface area contributed by atoms with Crippen LogP contribution in [0.25, 0.3) is 0 Å². The summed E-state index contributed by atoms with van der Waals surface area (Å²) in [6.07, 6.45) is 2.53. The molecule has 0 aliphatic heterocycles. The first-order valence-electron chi connectivity index (χ1n) is 5.60. The third-order valence-corrected chi connectivity index (χ3v) is 2.51. The monoisotopic (exact) mass is 256 g/mol. The summed E-state index contributed by atoms with van der Waals surface area (Å²) in [5, 5.41) is 26.3. The molecule has 0 saturated heterocycles. The Hall–Kier alpha value is -2.12. The van der Waals surface area contributed by atoms with E-state index >= 15 is 0 Å². The third kappa shape index (κ3) is 3.44. The van der Waals surface area contributed by atoms with E-state index < -0.39 is 16.8 Å². The lowest BCUT2D eigenvalue weighted by atomic mass is 10.0. The molecule has 0 radical (unpaired) electrons. The molecule has 0 aliphatic carbocycles. The largest absolute Gasteiger partial charge is 0.481 e. The second-order valence-electron chi connectivity index (χ2n) is 4.00. The summed E-state index contributed by atoms with van der Waals surface area (Å²) >= 11 is 0. The minimum absolute atomic E-state index is 0.102. The van der Waals surface area contributed by atoms with Crippen molar-refractivity contribution in [2.75, 3.05) is 11.9 Å². The molecule has 0 amide bonds. The van der Waals surface area contributed by atoms with Gasteiger partial charge in [-0.25, -0.2) is 0 Å². The minimum Gasteiger partial charge on any atom is -0.481 e. The van der Waals surface area contributed by atoms with Crippen molar-refractivity contribution in [3.8, 4) is 0 Å². The van der Waals surface area contributed by atoms with Gasteiger partial charge in [-0.3, -0.25) is 19.6 Å². The number of hydrogen-bond acceptors (Lipinski definition) is 5. The van der Waals surface area contributed by atoms with Crippen LogP contribution in [0.1, 0.15) is 19.8 Å². The van der Waals surface area contributed by atoms with Crippen LogP contribution in [0.15, 0.2) is 6.20 Å².